The van der Waals surface area contributed by atoms with Gasteiger partial charge in [0.25, 0.3) is 5.91 Å². The van der Waals surface area contributed by atoms with E-state index in [0.717, 1.165) is 0 Å². The first-order valence-corrected chi connectivity index (χ1v) is 10.3. The molecule has 3 rings (SSSR count). The van der Waals surface area contributed by atoms with Gasteiger partial charge in [-0.3, -0.25) is 9.59 Å². The van der Waals surface area contributed by atoms with Crippen LogP contribution in [0.25, 0.3) is 0 Å². The summed E-state index contributed by atoms with van der Waals surface area (Å²) in [5.74, 6) is -0.598. The van der Waals surface area contributed by atoms with E-state index in [0.29, 0.717) is 22.9 Å². The van der Waals surface area contributed by atoms with Crippen molar-refractivity contribution in [2.45, 2.75) is 13.1 Å². The summed E-state index contributed by atoms with van der Waals surface area (Å²) < 4.78 is 39.2. The quantitative estimate of drug-likeness (QED) is 0.316. The molecule has 3 aromatic rings. The Hall–Kier alpha value is -3.91. The lowest BCUT2D eigenvalue weighted by atomic mass is 10.1. The van der Waals surface area contributed by atoms with E-state index in [1.165, 1.54) is 31.2 Å². The summed E-state index contributed by atoms with van der Waals surface area (Å²) in [6.07, 6.45) is -4.03. The number of ketones is 1. The molecule has 0 aliphatic carbocycles. The number of aliphatic imine (C=N–C) groups is 1. The highest BCUT2D eigenvalue weighted by Gasteiger charge is 2.31. The van der Waals surface area contributed by atoms with Gasteiger partial charge in [0.2, 0.25) is 0 Å². The summed E-state index contributed by atoms with van der Waals surface area (Å²) in [6, 6.07) is 18.7. The molecule has 0 aliphatic rings. The standard InChI is InChI=1S/C25H19ClF3N3O2/c1-15(33)18-5-4-6-19(13-18)31-24(34)17-11-9-16(10-12-17)22(14-23(30)25(27,28)29)32-21-8-3-2-7-20(21)26/h2-14H,30H2,1H3,(H,31,34). The number of alkyl halides is 3. The molecule has 0 radical (unpaired) electrons. The fourth-order valence-electron chi connectivity index (χ4n) is 2.89. The predicted molar refractivity (Wildman–Crippen MR) is 127 cm³/mol. The monoisotopic (exact) mass is 485 g/mol. The molecule has 0 aromatic heterocycles. The Labute approximate surface area is 198 Å². The van der Waals surface area contributed by atoms with Gasteiger partial charge in [-0.1, -0.05) is 48.0 Å². The number of Topliss-reactive ketones (excluding diaryl/α,β-unsaturated/α-hetero) is 1. The van der Waals surface area contributed by atoms with Gasteiger partial charge < -0.3 is 11.1 Å². The smallest absolute Gasteiger partial charge is 0.395 e. The number of allylic oxidation sites excluding steroid dienone is 2. The molecule has 0 saturated carbocycles. The predicted octanol–water partition coefficient (Wildman–Crippen LogP) is 6.32. The molecule has 0 bridgehead atoms. The maximum atomic E-state index is 13.1. The summed E-state index contributed by atoms with van der Waals surface area (Å²) in [6.45, 7) is 1.42. The number of carbonyl (C=O) groups is 2. The lowest BCUT2D eigenvalue weighted by Gasteiger charge is -2.10. The summed E-state index contributed by atoms with van der Waals surface area (Å²) in [5, 5.41) is 2.93. The largest absolute Gasteiger partial charge is 0.430 e. The Morgan fingerprint density at radius 3 is 2.21 bits per heavy atom. The minimum absolute atomic E-state index is 0.0796. The highest BCUT2D eigenvalue weighted by atomic mass is 35.5. The average Bonchev–Trinajstić information content (AvgIpc) is 2.79. The van der Waals surface area contributed by atoms with E-state index in [9.17, 15) is 22.8 Å². The van der Waals surface area contributed by atoms with Crippen LogP contribution >= 0.6 is 11.6 Å². The number of para-hydroxylation sites is 1. The van der Waals surface area contributed by atoms with Crippen molar-refractivity contribution in [1.82, 2.24) is 0 Å². The van der Waals surface area contributed by atoms with Gasteiger partial charge >= 0.3 is 6.18 Å². The van der Waals surface area contributed by atoms with Crippen molar-refractivity contribution in [2.24, 2.45) is 10.7 Å². The zero-order valence-corrected chi connectivity index (χ0v) is 18.6. The van der Waals surface area contributed by atoms with Crippen LogP contribution in [-0.2, 0) is 0 Å². The van der Waals surface area contributed by atoms with Crippen LogP contribution in [0.5, 0.6) is 0 Å². The van der Waals surface area contributed by atoms with Gasteiger partial charge in [-0.2, -0.15) is 13.2 Å². The van der Waals surface area contributed by atoms with Gasteiger partial charge in [0, 0.05) is 22.4 Å². The number of amides is 1. The molecule has 0 heterocycles. The van der Waals surface area contributed by atoms with Gasteiger partial charge in [0.05, 0.1) is 16.4 Å². The maximum absolute atomic E-state index is 13.1. The number of nitrogens with two attached hydrogens (primary N) is 1. The fourth-order valence-corrected chi connectivity index (χ4v) is 3.07. The number of rotatable bonds is 6. The number of anilines is 1. The minimum Gasteiger partial charge on any atom is -0.395 e. The van der Waals surface area contributed by atoms with Crippen LogP contribution in [0.1, 0.15) is 33.2 Å². The van der Waals surface area contributed by atoms with Crippen molar-refractivity contribution >= 4 is 40.4 Å². The van der Waals surface area contributed by atoms with E-state index in [2.05, 4.69) is 10.3 Å². The minimum atomic E-state index is -4.74. The zero-order chi connectivity index (χ0) is 24.9. The summed E-state index contributed by atoms with van der Waals surface area (Å²) in [4.78, 5) is 28.4. The third kappa shape index (κ3) is 6.32. The Morgan fingerprint density at radius 2 is 1.59 bits per heavy atom. The SMILES string of the molecule is CC(=O)c1cccc(NC(=O)c2ccc(C(C=C(N)C(F)(F)F)=Nc3ccccc3Cl)cc2)c1. The lowest BCUT2D eigenvalue weighted by Crippen LogP contribution is -2.21. The number of hydrogen-bond donors (Lipinski definition) is 2. The molecule has 0 aliphatic heterocycles. The van der Waals surface area contributed by atoms with E-state index in [-0.39, 0.29) is 27.8 Å². The molecule has 0 unspecified atom stereocenters. The first kappa shape index (κ1) is 24.7. The van der Waals surface area contributed by atoms with Gasteiger partial charge in [-0.25, -0.2) is 4.99 Å². The highest BCUT2D eigenvalue weighted by Crippen LogP contribution is 2.27. The maximum Gasteiger partial charge on any atom is 0.430 e. The molecule has 5 nitrogen and oxygen atoms in total. The first-order valence-electron chi connectivity index (χ1n) is 9.95. The van der Waals surface area contributed by atoms with Gasteiger partial charge in [0.15, 0.2) is 5.78 Å². The summed E-state index contributed by atoms with van der Waals surface area (Å²) in [7, 11) is 0. The first-order chi connectivity index (χ1) is 16.0. The molecule has 3 aromatic carbocycles. The molecule has 174 valence electrons. The third-order valence-corrected chi connectivity index (χ3v) is 5.00. The van der Waals surface area contributed by atoms with Gasteiger partial charge in [-0.15, -0.1) is 0 Å². The van der Waals surface area contributed by atoms with Crippen LogP contribution < -0.4 is 11.1 Å². The highest BCUT2D eigenvalue weighted by molar-refractivity contribution is 6.33. The molecule has 0 atom stereocenters. The Morgan fingerprint density at radius 1 is 0.941 bits per heavy atom. The number of nitrogens with one attached hydrogen (secondary N) is 1. The zero-order valence-electron chi connectivity index (χ0n) is 17.9. The van der Waals surface area contributed by atoms with Gasteiger partial charge in [-0.05, 0) is 49.4 Å². The fraction of sp³-hybridized carbons (Fsp3) is 0.0800. The number of halogens is 4. The van der Waals surface area contributed by atoms with Crippen LogP contribution in [0.2, 0.25) is 5.02 Å². The molecule has 1 amide bonds. The topological polar surface area (TPSA) is 84.5 Å². The molecular formula is C25H19ClF3N3O2. The van der Waals surface area contributed by atoms with E-state index in [1.807, 2.05) is 0 Å². The lowest BCUT2D eigenvalue weighted by molar-refractivity contribution is -0.0925. The molecule has 34 heavy (non-hydrogen) atoms. The average molecular weight is 486 g/mol. The van der Waals surface area contributed by atoms with Crippen molar-refractivity contribution in [3.8, 4) is 0 Å². The second kappa shape index (κ2) is 10.4. The van der Waals surface area contributed by atoms with Crippen molar-refractivity contribution in [3.05, 3.63) is 106 Å². The molecular weight excluding hydrogens is 467 g/mol. The van der Waals surface area contributed by atoms with E-state index >= 15 is 0 Å². The van der Waals surface area contributed by atoms with Crippen LogP contribution in [0.3, 0.4) is 0 Å². The molecule has 0 spiro atoms. The van der Waals surface area contributed by atoms with Crippen LogP contribution in [-0.4, -0.2) is 23.6 Å². The van der Waals surface area contributed by atoms with Crippen LogP contribution in [0.4, 0.5) is 24.5 Å². The molecule has 3 N–H and O–H groups in total. The number of nitrogens with zero attached hydrogens (tertiary/aromatic N) is 1. The van der Waals surface area contributed by atoms with E-state index < -0.39 is 17.8 Å². The number of benzene rings is 3. The van der Waals surface area contributed by atoms with Crippen molar-refractivity contribution in [1.29, 1.82) is 0 Å². The second-order valence-electron chi connectivity index (χ2n) is 7.21. The normalized spacial score (nSPS) is 12.4. The van der Waals surface area contributed by atoms with E-state index in [4.69, 9.17) is 17.3 Å². The summed E-state index contributed by atoms with van der Waals surface area (Å²) in [5.41, 5.74) is 5.49. The molecule has 0 fully saturated rings. The van der Waals surface area contributed by atoms with Crippen molar-refractivity contribution in [2.75, 3.05) is 5.32 Å². The molecule has 9 heteroatoms. The van der Waals surface area contributed by atoms with Crippen molar-refractivity contribution < 1.29 is 22.8 Å². The third-order valence-electron chi connectivity index (χ3n) is 4.68. The van der Waals surface area contributed by atoms with Crippen molar-refractivity contribution in [3.63, 3.8) is 0 Å². The second-order valence-corrected chi connectivity index (χ2v) is 7.62. The molecule has 0 saturated heterocycles. The van der Waals surface area contributed by atoms with Gasteiger partial charge in [0.1, 0.15) is 5.70 Å². The number of carbonyl (C=O) groups excluding carboxylic acids is 2. The Kier molecular flexibility index (Phi) is 7.53. The Balaban J connectivity index is 1.92. The van der Waals surface area contributed by atoms with Crippen LogP contribution in [0.15, 0.2) is 89.6 Å². The summed E-state index contributed by atoms with van der Waals surface area (Å²) >= 11 is 6.10. The van der Waals surface area contributed by atoms with E-state index in [1.54, 1.807) is 48.5 Å². The van der Waals surface area contributed by atoms with Crippen LogP contribution in [0, 0.1) is 0 Å². The Bertz CT molecular complexity index is 1280. The number of hydrogen-bond acceptors (Lipinski definition) is 4.